The van der Waals surface area contributed by atoms with Crippen molar-refractivity contribution in [2.24, 2.45) is 5.92 Å². The van der Waals surface area contributed by atoms with E-state index in [9.17, 15) is 4.79 Å². The third-order valence-corrected chi connectivity index (χ3v) is 5.87. The highest BCUT2D eigenvalue weighted by atomic mass is 32.1. The van der Waals surface area contributed by atoms with Crippen LogP contribution in [-0.4, -0.2) is 33.4 Å². The Morgan fingerprint density at radius 2 is 2.04 bits per heavy atom. The van der Waals surface area contributed by atoms with E-state index in [4.69, 9.17) is 0 Å². The van der Waals surface area contributed by atoms with E-state index in [-0.39, 0.29) is 5.91 Å². The van der Waals surface area contributed by atoms with Crippen molar-refractivity contribution in [3.63, 3.8) is 0 Å². The number of likely N-dealkylation sites (tertiary alicyclic amines) is 1. The van der Waals surface area contributed by atoms with Gasteiger partial charge in [-0.1, -0.05) is 0 Å². The molecule has 2 aromatic heterocycles. The van der Waals surface area contributed by atoms with Crippen molar-refractivity contribution in [1.29, 1.82) is 0 Å². The van der Waals surface area contributed by atoms with Crippen LogP contribution < -0.4 is 5.32 Å². The van der Waals surface area contributed by atoms with Crippen LogP contribution in [-0.2, 0) is 17.8 Å². The zero-order valence-corrected chi connectivity index (χ0v) is 16.9. The summed E-state index contributed by atoms with van der Waals surface area (Å²) in [4.78, 5) is 23.7. The zero-order valence-electron chi connectivity index (χ0n) is 16.1. The molecule has 0 spiro atoms. The molecule has 0 aromatic carbocycles. The molecule has 1 aliphatic rings. The van der Waals surface area contributed by atoms with Gasteiger partial charge in [0.2, 0.25) is 5.91 Å². The van der Waals surface area contributed by atoms with Crippen LogP contribution in [0.4, 0.5) is 5.13 Å². The molecule has 3 rings (SSSR count). The monoisotopic (exact) mass is 372 g/mol. The first-order valence-electron chi connectivity index (χ1n) is 9.29. The number of thiazole rings is 1. The van der Waals surface area contributed by atoms with Crippen LogP contribution >= 0.6 is 11.3 Å². The third-order valence-electron chi connectivity index (χ3n) is 4.97. The Hall–Kier alpha value is -1.79. The second kappa shape index (κ2) is 8.27. The number of carbonyl (C=O) groups is 1. The molecule has 3 heterocycles. The van der Waals surface area contributed by atoms with E-state index in [1.165, 1.54) is 30.2 Å². The van der Waals surface area contributed by atoms with E-state index in [1.807, 2.05) is 6.20 Å². The number of aryl methyl sites for hydroxylation is 2. The van der Waals surface area contributed by atoms with E-state index in [1.54, 1.807) is 11.3 Å². The molecule has 0 aliphatic carbocycles. The maximum atomic E-state index is 11.2. The fraction of sp³-hybridized carbons (Fsp3) is 0.550. The fourth-order valence-electron chi connectivity index (χ4n) is 3.81. The summed E-state index contributed by atoms with van der Waals surface area (Å²) in [6.07, 6.45) is 5.51. The van der Waals surface area contributed by atoms with Gasteiger partial charge in [-0.05, 0) is 63.6 Å². The molecule has 2 atom stereocenters. The average Bonchev–Trinajstić information content (AvgIpc) is 2.96. The number of amides is 1. The Balaban J connectivity index is 1.62. The Morgan fingerprint density at radius 1 is 1.31 bits per heavy atom. The van der Waals surface area contributed by atoms with Gasteiger partial charge in [0.15, 0.2) is 5.13 Å². The molecule has 1 aliphatic heterocycles. The first-order chi connectivity index (χ1) is 12.4. The van der Waals surface area contributed by atoms with Crippen molar-refractivity contribution in [2.75, 3.05) is 11.9 Å². The van der Waals surface area contributed by atoms with E-state index in [0.717, 1.165) is 30.9 Å². The van der Waals surface area contributed by atoms with Crippen molar-refractivity contribution in [3.8, 4) is 0 Å². The minimum Gasteiger partial charge on any atom is -0.302 e. The van der Waals surface area contributed by atoms with E-state index in [0.29, 0.717) is 17.1 Å². The molecule has 26 heavy (non-hydrogen) atoms. The number of rotatable bonds is 5. The number of nitrogens with one attached hydrogen (secondary N) is 1. The van der Waals surface area contributed by atoms with Gasteiger partial charge in [0, 0.05) is 48.5 Å². The lowest BCUT2D eigenvalue weighted by atomic mass is 9.88. The van der Waals surface area contributed by atoms with Gasteiger partial charge in [-0.3, -0.25) is 14.7 Å². The number of nitrogens with zero attached hydrogens (tertiary/aromatic N) is 3. The Kier molecular flexibility index (Phi) is 6.04. The molecular formula is C20H28N4OS. The number of hydrogen-bond acceptors (Lipinski definition) is 5. The highest BCUT2D eigenvalue weighted by Gasteiger charge is 2.26. The van der Waals surface area contributed by atoms with Crippen molar-refractivity contribution >= 4 is 22.4 Å². The van der Waals surface area contributed by atoms with Crippen molar-refractivity contribution in [3.05, 3.63) is 40.2 Å². The predicted molar refractivity (Wildman–Crippen MR) is 106 cm³/mol. The molecule has 1 amide bonds. The molecule has 0 bridgehead atoms. The van der Waals surface area contributed by atoms with Crippen LogP contribution in [0, 0.1) is 19.8 Å². The van der Waals surface area contributed by atoms with Crippen LogP contribution in [0.2, 0.25) is 0 Å². The second-order valence-corrected chi connectivity index (χ2v) is 8.61. The smallest absolute Gasteiger partial charge is 0.223 e. The maximum Gasteiger partial charge on any atom is 0.223 e. The van der Waals surface area contributed by atoms with Crippen molar-refractivity contribution in [1.82, 2.24) is 14.9 Å². The first-order valence-corrected chi connectivity index (χ1v) is 10.1. The summed E-state index contributed by atoms with van der Waals surface area (Å²) in [5, 5.41) is 3.46. The summed E-state index contributed by atoms with van der Waals surface area (Å²) in [6.45, 7) is 9.98. The van der Waals surface area contributed by atoms with Crippen LogP contribution in [0.3, 0.4) is 0 Å². The van der Waals surface area contributed by atoms with Crippen LogP contribution in [0.15, 0.2) is 18.3 Å². The summed E-state index contributed by atoms with van der Waals surface area (Å²) in [5.41, 5.74) is 3.62. The molecule has 1 saturated heterocycles. The minimum atomic E-state index is -0.0692. The van der Waals surface area contributed by atoms with Crippen LogP contribution in [0.25, 0.3) is 0 Å². The van der Waals surface area contributed by atoms with Gasteiger partial charge < -0.3 is 5.32 Å². The Morgan fingerprint density at radius 3 is 2.73 bits per heavy atom. The summed E-state index contributed by atoms with van der Waals surface area (Å²) < 4.78 is 0. The van der Waals surface area contributed by atoms with Gasteiger partial charge in [-0.2, -0.15) is 0 Å². The summed E-state index contributed by atoms with van der Waals surface area (Å²) in [5.74, 6) is 0.607. The van der Waals surface area contributed by atoms with E-state index in [2.05, 4.69) is 53.1 Å². The molecule has 1 unspecified atom stereocenters. The van der Waals surface area contributed by atoms with Gasteiger partial charge in [-0.15, -0.1) is 11.3 Å². The Labute approximate surface area is 159 Å². The fourth-order valence-corrected chi connectivity index (χ4v) is 4.69. The Bertz CT molecular complexity index is 753. The molecule has 1 N–H and O–H groups in total. The number of piperidine rings is 1. The SMILES string of the molecule is CC(=O)Nc1ncc(CN2CC(Cc3cc(C)nc(C)c3)CC[C@@H]2C)s1. The van der Waals surface area contributed by atoms with Gasteiger partial charge in [0.05, 0.1) is 0 Å². The third kappa shape index (κ3) is 5.11. The topological polar surface area (TPSA) is 58.1 Å². The highest BCUT2D eigenvalue weighted by Crippen LogP contribution is 2.28. The summed E-state index contributed by atoms with van der Waals surface area (Å²) in [6, 6.07) is 5.02. The molecule has 6 heteroatoms. The van der Waals surface area contributed by atoms with Crippen molar-refractivity contribution < 1.29 is 4.79 Å². The predicted octanol–water partition coefficient (Wildman–Crippen LogP) is 3.96. The van der Waals surface area contributed by atoms with Gasteiger partial charge >= 0.3 is 0 Å². The molecule has 140 valence electrons. The van der Waals surface area contributed by atoms with Gasteiger partial charge in [0.25, 0.3) is 0 Å². The van der Waals surface area contributed by atoms with Gasteiger partial charge in [-0.25, -0.2) is 4.98 Å². The molecule has 0 saturated carbocycles. The molecular weight excluding hydrogens is 344 g/mol. The molecule has 2 aromatic rings. The first kappa shape index (κ1) is 19.0. The minimum absolute atomic E-state index is 0.0692. The molecule has 1 fully saturated rings. The quantitative estimate of drug-likeness (QED) is 0.863. The molecule has 0 radical (unpaired) electrons. The second-order valence-electron chi connectivity index (χ2n) is 7.50. The number of hydrogen-bond donors (Lipinski definition) is 1. The molecule has 5 nitrogen and oxygen atoms in total. The van der Waals surface area contributed by atoms with E-state index >= 15 is 0 Å². The van der Waals surface area contributed by atoms with Crippen LogP contribution in [0.5, 0.6) is 0 Å². The largest absolute Gasteiger partial charge is 0.302 e. The lowest BCUT2D eigenvalue weighted by Gasteiger charge is -2.38. The summed E-state index contributed by atoms with van der Waals surface area (Å²) in [7, 11) is 0. The number of aromatic nitrogens is 2. The number of pyridine rings is 1. The van der Waals surface area contributed by atoms with E-state index < -0.39 is 0 Å². The number of anilines is 1. The number of carbonyl (C=O) groups excluding carboxylic acids is 1. The highest BCUT2D eigenvalue weighted by molar-refractivity contribution is 7.15. The van der Waals surface area contributed by atoms with Gasteiger partial charge in [0.1, 0.15) is 0 Å². The van der Waals surface area contributed by atoms with Crippen molar-refractivity contribution in [2.45, 2.75) is 59.5 Å². The standard InChI is InChI=1S/C20H28N4OS/c1-13-7-18(8-14(2)22-13)9-17-6-5-15(3)24(11-17)12-19-10-21-20(26-19)23-16(4)25/h7-8,10,15,17H,5-6,9,11-12H2,1-4H3,(H,21,23,25)/t15-,17?/m0/s1. The maximum absolute atomic E-state index is 11.2. The lowest BCUT2D eigenvalue weighted by Crippen LogP contribution is -2.41. The average molecular weight is 373 g/mol. The summed E-state index contributed by atoms with van der Waals surface area (Å²) >= 11 is 1.57. The normalized spacial score (nSPS) is 20.9. The zero-order chi connectivity index (χ0) is 18.7. The lowest BCUT2D eigenvalue weighted by molar-refractivity contribution is -0.114. The van der Waals surface area contributed by atoms with Crippen LogP contribution in [0.1, 0.15) is 48.5 Å².